The normalized spacial score (nSPS) is 14.3. The molecule has 0 unspecified atom stereocenters. The molecular weight excluding hydrogens is 404 g/mol. The van der Waals surface area contributed by atoms with Gasteiger partial charge in [0.1, 0.15) is 12.2 Å². The number of fused-ring (bicyclic) bond motifs is 3. The lowest BCUT2D eigenvalue weighted by Crippen LogP contribution is -2.39. The molecule has 3 aromatic rings. The minimum Gasteiger partial charge on any atom is -0.353 e. The Morgan fingerprint density at radius 3 is 2.59 bits per heavy atom. The second kappa shape index (κ2) is 8.26. The summed E-state index contributed by atoms with van der Waals surface area (Å²) in [5, 5.41) is 14.2. The van der Waals surface area contributed by atoms with Crippen LogP contribution in [0, 0.1) is 19.3 Å². The van der Waals surface area contributed by atoms with Gasteiger partial charge in [0.15, 0.2) is 0 Å². The van der Waals surface area contributed by atoms with Gasteiger partial charge in [0.05, 0.1) is 24.5 Å². The number of carbonyl (C=O) groups excluding carboxylic acids is 2. The average Bonchev–Trinajstić information content (AvgIpc) is 3.20. The predicted molar refractivity (Wildman–Crippen MR) is 125 cm³/mol. The highest BCUT2D eigenvalue weighted by molar-refractivity contribution is 6.03. The van der Waals surface area contributed by atoms with Crippen LogP contribution in [0.15, 0.2) is 41.5 Å². The first kappa shape index (κ1) is 21.8. The summed E-state index contributed by atoms with van der Waals surface area (Å²) in [5.41, 5.74) is 4.13. The van der Waals surface area contributed by atoms with Crippen molar-refractivity contribution in [2.24, 2.45) is 10.5 Å². The average molecular weight is 435 g/mol. The highest BCUT2D eigenvalue weighted by Crippen LogP contribution is 2.27. The van der Waals surface area contributed by atoms with E-state index in [1.54, 1.807) is 0 Å². The van der Waals surface area contributed by atoms with Gasteiger partial charge in [-0.25, -0.2) is 5.01 Å². The molecule has 168 valence electrons. The molecule has 0 radical (unpaired) electrons. The van der Waals surface area contributed by atoms with E-state index >= 15 is 0 Å². The molecule has 0 aliphatic carbocycles. The smallest absolute Gasteiger partial charge is 0.291 e. The number of rotatable bonds is 5. The second-order valence-electron chi connectivity index (χ2n) is 9.33. The molecule has 8 heteroatoms. The lowest BCUT2D eigenvalue weighted by molar-refractivity contribution is -0.121. The van der Waals surface area contributed by atoms with E-state index < -0.39 is 0 Å². The van der Waals surface area contributed by atoms with Crippen molar-refractivity contribution in [2.75, 3.05) is 13.1 Å². The Balaban J connectivity index is 1.54. The molecule has 3 heterocycles. The number of nitrogens with one attached hydrogen (secondary N) is 1. The van der Waals surface area contributed by atoms with E-state index in [0.29, 0.717) is 25.3 Å². The van der Waals surface area contributed by atoms with E-state index in [1.165, 1.54) is 5.01 Å². The molecule has 1 aliphatic heterocycles. The van der Waals surface area contributed by atoms with Crippen molar-refractivity contribution in [1.82, 2.24) is 24.7 Å². The zero-order valence-corrected chi connectivity index (χ0v) is 19.3. The quantitative estimate of drug-likeness (QED) is 0.670. The van der Waals surface area contributed by atoms with Crippen LogP contribution in [0.2, 0.25) is 0 Å². The van der Waals surface area contributed by atoms with Crippen LogP contribution in [-0.2, 0) is 17.9 Å². The molecule has 0 saturated heterocycles. The number of aromatic nitrogens is 3. The Morgan fingerprint density at radius 1 is 1.16 bits per heavy atom. The van der Waals surface area contributed by atoms with Crippen LogP contribution in [0.5, 0.6) is 0 Å². The van der Waals surface area contributed by atoms with Crippen LogP contribution >= 0.6 is 0 Å². The first-order chi connectivity index (χ1) is 15.1. The van der Waals surface area contributed by atoms with Gasteiger partial charge in [0.2, 0.25) is 5.91 Å². The maximum Gasteiger partial charge on any atom is 0.291 e. The summed E-state index contributed by atoms with van der Waals surface area (Å²) in [4.78, 5) is 26.0. The fourth-order valence-electron chi connectivity index (χ4n) is 3.95. The molecule has 8 nitrogen and oxygen atoms in total. The van der Waals surface area contributed by atoms with Crippen molar-refractivity contribution in [3.63, 3.8) is 0 Å². The summed E-state index contributed by atoms with van der Waals surface area (Å²) in [6.07, 6.45) is 0. The first-order valence-electron chi connectivity index (χ1n) is 10.9. The summed E-state index contributed by atoms with van der Waals surface area (Å²) in [7, 11) is 0. The van der Waals surface area contributed by atoms with Gasteiger partial charge in [-0.05, 0) is 32.0 Å². The number of hydrazone groups is 1. The molecular formula is C24H30N6O2. The number of para-hydroxylation sites is 1. The summed E-state index contributed by atoms with van der Waals surface area (Å²) in [5.74, 6) is -0.518. The van der Waals surface area contributed by atoms with Crippen LogP contribution in [0.3, 0.4) is 0 Å². The fraction of sp³-hybridized carbons (Fsp3) is 0.417. The molecule has 0 bridgehead atoms. The number of carbonyl (C=O) groups is 2. The number of aryl methyl sites for hydroxylation is 2. The van der Waals surface area contributed by atoms with Gasteiger partial charge < -0.3 is 9.88 Å². The van der Waals surface area contributed by atoms with Crippen molar-refractivity contribution < 1.29 is 9.59 Å². The van der Waals surface area contributed by atoms with Gasteiger partial charge in [0.25, 0.3) is 5.91 Å². The van der Waals surface area contributed by atoms with Crippen LogP contribution < -0.4 is 5.32 Å². The molecule has 0 atom stereocenters. The van der Waals surface area contributed by atoms with Gasteiger partial charge in [-0.1, -0.05) is 39.0 Å². The topological polar surface area (TPSA) is 84.5 Å². The number of hydrogen-bond donors (Lipinski definition) is 1. The number of nitrogens with zero attached hydrogens (tertiary/aromatic N) is 5. The predicted octanol–water partition coefficient (Wildman–Crippen LogP) is 3.13. The Bertz CT molecular complexity index is 1210. The van der Waals surface area contributed by atoms with Crippen molar-refractivity contribution in [3.05, 3.63) is 53.5 Å². The molecule has 1 N–H and O–H groups in total. The van der Waals surface area contributed by atoms with Crippen LogP contribution in [0.25, 0.3) is 10.9 Å². The minimum atomic E-state index is -0.269. The number of amides is 2. The van der Waals surface area contributed by atoms with Gasteiger partial charge in [-0.2, -0.15) is 10.2 Å². The third-order valence-corrected chi connectivity index (χ3v) is 5.72. The van der Waals surface area contributed by atoms with Gasteiger partial charge in [0, 0.05) is 28.6 Å². The van der Waals surface area contributed by atoms with E-state index in [1.807, 2.05) is 59.5 Å². The third-order valence-electron chi connectivity index (χ3n) is 5.72. The zero-order valence-electron chi connectivity index (χ0n) is 19.3. The lowest BCUT2D eigenvalue weighted by Gasteiger charge is -2.23. The van der Waals surface area contributed by atoms with Crippen LogP contribution in [0.4, 0.5) is 0 Å². The van der Waals surface area contributed by atoms with Crippen molar-refractivity contribution in [2.45, 2.75) is 47.7 Å². The highest BCUT2D eigenvalue weighted by atomic mass is 16.2. The zero-order chi connectivity index (χ0) is 23.0. The van der Waals surface area contributed by atoms with E-state index in [2.05, 4.69) is 36.3 Å². The Kier molecular flexibility index (Phi) is 5.62. The summed E-state index contributed by atoms with van der Waals surface area (Å²) < 4.78 is 3.86. The lowest BCUT2D eigenvalue weighted by atomic mass is 9.90. The minimum absolute atomic E-state index is 0.128. The molecule has 32 heavy (non-hydrogen) atoms. The molecule has 1 aromatic carbocycles. The second-order valence-corrected chi connectivity index (χ2v) is 9.33. The third kappa shape index (κ3) is 4.30. The van der Waals surface area contributed by atoms with E-state index in [9.17, 15) is 9.59 Å². The fourth-order valence-corrected chi connectivity index (χ4v) is 3.95. The highest BCUT2D eigenvalue weighted by Gasteiger charge is 2.31. The van der Waals surface area contributed by atoms with Gasteiger partial charge in [-0.15, -0.1) is 0 Å². The Hall–Kier alpha value is -3.42. The summed E-state index contributed by atoms with van der Waals surface area (Å²) in [6, 6.07) is 11.8. The maximum absolute atomic E-state index is 13.4. The Labute approximate surface area is 187 Å². The molecule has 2 amide bonds. The van der Waals surface area contributed by atoms with E-state index in [-0.39, 0.29) is 23.8 Å². The standard InChI is InChI=1S/C24H30N6O2/c1-16-12-17(2)29(26-16)11-10-25-22(31)15-30-23(32)20-13-18-8-6-7-9-19(18)28(20)14-21(27-30)24(3,4)5/h6-9,12-13H,10-11,14-15H2,1-5H3,(H,25,31). The van der Waals surface area contributed by atoms with Gasteiger partial charge in [-0.3, -0.25) is 14.3 Å². The van der Waals surface area contributed by atoms with Crippen LogP contribution in [0.1, 0.15) is 42.6 Å². The molecule has 4 rings (SSSR count). The molecule has 2 aromatic heterocycles. The van der Waals surface area contributed by atoms with E-state index in [0.717, 1.165) is 28.0 Å². The molecule has 0 saturated carbocycles. The number of hydrogen-bond acceptors (Lipinski definition) is 4. The number of benzene rings is 1. The van der Waals surface area contributed by atoms with Crippen molar-refractivity contribution in [1.29, 1.82) is 0 Å². The summed E-state index contributed by atoms with van der Waals surface area (Å²) >= 11 is 0. The maximum atomic E-state index is 13.4. The summed E-state index contributed by atoms with van der Waals surface area (Å²) in [6.45, 7) is 11.5. The Morgan fingerprint density at radius 2 is 1.91 bits per heavy atom. The van der Waals surface area contributed by atoms with E-state index in [4.69, 9.17) is 0 Å². The van der Waals surface area contributed by atoms with Gasteiger partial charge >= 0.3 is 0 Å². The largest absolute Gasteiger partial charge is 0.353 e. The monoisotopic (exact) mass is 434 g/mol. The van der Waals surface area contributed by atoms with Crippen molar-refractivity contribution in [3.8, 4) is 0 Å². The van der Waals surface area contributed by atoms with Crippen molar-refractivity contribution >= 4 is 28.4 Å². The first-order valence-corrected chi connectivity index (χ1v) is 10.9. The SMILES string of the molecule is Cc1cc(C)n(CCNC(=O)CN2N=C(C(C)(C)C)Cn3c(cc4ccccc43)C2=O)n1. The van der Waals surface area contributed by atoms with Crippen LogP contribution in [-0.4, -0.2) is 50.0 Å². The molecule has 1 aliphatic rings. The molecule has 0 fully saturated rings. The molecule has 0 spiro atoms.